The van der Waals surface area contributed by atoms with E-state index >= 15 is 0 Å². The van der Waals surface area contributed by atoms with E-state index in [9.17, 15) is 13.2 Å². The molecule has 13 heavy (non-hydrogen) atoms. The van der Waals surface area contributed by atoms with E-state index in [1.807, 2.05) is 0 Å². The first-order valence-electron chi connectivity index (χ1n) is 4.39. The summed E-state index contributed by atoms with van der Waals surface area (Å²) in [5, 5.41) is 7.28. The van der Waals surface area contributed by atoms with Gasteiger partial charge in [0.25, 0.3) is 0 Å². The van der Waals surface area contributed by atoms with E-state index < -0.39 is 12.8 Å². The highest BCUT2D eigenvalue weighted by atomic mass is 19.4. The van der Waals surface area contributed by atoms with E-state index in [4.69, 9.17) is 10.8 Å². The summed E-state index contributed by atoms with van der Waals surface area (Å²) in [6, 6.07) is 0.536. The summed E-state index contributed by atoms with van der Waals surface area (Å²) in [7, 11) is 0. The zero-order valence-electron chi connectivity index (χ0n) is 7.48. The maximum Gasteiger partial charge on any atom is 0.411 e. The van der Waals surface area contributed by atoms with Gasteiger partial charge in [0.2, 0.25) is 0 Å². The predicted octanol–water partition coefficient (Wildman–Crippen LogP) is 1.82. The minimum Gasteiger partial charge on any atom is -0.387 e. The Balaban J connectivity index is 0.000000226. The topological polar surface area (TPSA) is 46.2 Å². The molecular formula is C8H16F3NO. The van der Waals surface area contributed by atoms with E-state index in [0.29, 0.717) is 6.04 Å². The Morgan fingerprint density at radius 1 is 1.15 bits per heavy atom. The molecule has 5 heteroatoms. The first kappa shape index (κ1) is 12.7. The average Bonchev–Trinajstić information content (AvgIpc) is 2.06. The van der Waals surface area contributed by atoms with E-state index in [-0.39, 0.29) is 0 Å². The quantitative estimate of drug-likeness (QED) is 0.625. The van der Waals surface area contributed by atoms with Gasteiger partial charge >= 0.3 is 6.18 Å². The number of aliphatic hydroxyl groups is 1. The van der Waals surface area contributed by atoms with Gasteiger partial charge in [0.1, 0.15) is 6.61 Å². The van der Waals surface area contributed by atoms with Crippen molar-refractivity contribution in [2.24, 2.45) is 5.73 Å². The van der Waals surface area contributed by atoms with Crippen LogP contribution in [-0.4, -0.2) is 23.9 Å². The van der Waals surface area contributed by atoms with Crippen molar-refractivity contribution in [3.63, 3.8) is 0 Å². The summed E-state index contributed by atoms with van der Waals surface area (Å²) in [4.78, 5) is 0. The maximum absolute atomic E-state index is 10.5. The van der Waals surface area contributed by atoms with Crippen molar-refractivity contribution in [1.82, 2.24) is 0 Å². The van der Waals surface area contributed by atoms with Crippen molar-refractivity contribution in [1.29, 1.82) is 0 Å². The molecule has 3 N–H and O–H groups in total. The Labute approximate surface area is 75.9 Å². The van der Waals surface area contributed by atoms with Crippen LogP contribution < -0.4 is 5.73 Å². The molecule has 1 aliphatic carbocycles. The summed E-state index contributed by atoms with van der Waals surface area (Å²) >= 11 is 0. The van der Waals surface area contributed by atoms with Crippen LogP contribution in [-0.2, 0) is 0 Å². The van der Waals surface area contributed by atoms with Crippen LogP contribution in [0.2, 0.25) is 0 Å². The van der Waals surface area contributed by atoms with Gasteiger partial charge in [-0.3, -0.25) is 0 Å². The summed E-state index contributed by atoms with van der Waals surface area (Å²) in [6.07, 6.45) is 2.26. The van der Waals surface area contributed by atoms with Crippen molar-refractivity contribution in [3.8, 4) is 0 Å². The zero-order valence-corrected chi connectivity index (χ0v) is 7.48. The van der Waals surface area contributed by atoms with Gasteiger partial charge in [-0.1, -0.05) is 19.3 Å². The molecule has 0 unspecified atom stereocenters. The van der Waals surface area contributed by atoms with Crippen molar-refractivity contribution in [3.05, 3.63) is 0 Å². The molecule has 0 aromatic carbocycles. The third-order valence-corrected chi connectivity index (χ3v) is 1.83. The fourth-order valence-corrected chi connectivity index (χ4v) is 1.13. The third kappa shape index (κ3) is 9.63. The van der Waals surface area contributed by atoms with Gasteiger partial charge in [-0.05, 0) is 12.8 Å². The van der Waals surface area contributed by atoms with Gasteiger partial charge < -0.3 is 10.8 Å². The predicted molar refractivity (Wildman–Crippen MR) is 44.2 cm³/mol. The Morgan fingerprint density at radius 3 is 1.69 bits per heavy atom. The highest BCUT2D eigenvalue weighted by molar-refractivity contribution is 4.66. The summed E-state index contributed by atoms with van der Waals surface area (Å²) in [6.45, 7) is -1.73. The highest BCUT2D eigenvalue weighted by Crippen LogP contribution is 2.14. The second-order valence-electron chi connectivity index (χ2n) is 3.17. The van der Waals surface area contributed by atoms with Crippen molar-refractivity contribution in [2.75, 3.05) is 6.61 Å². The first-order valence-corrected chi connectivity index (χ1v) is 4.39. The van der Waals surface area contributed by atoms with Crippen molar-refractivity contribution in [2.45, 2.75) is 44.3 Å². The Morgan fingerprint density at radius 2 is 1.54 bits per heavy atom. The summed E-state index contributed by atoms with van der Waals surface area (Å²) in [5.41, 5.74) is 5.63. The van der Waals surface area contributed by atoms with Gasteiger partial charge in [-0.15, -0.1) is 0 Å². The monoisotopic (exact) mass is 199 g/mol. The molecule has 0 bridgehead atoms. The minimum atomic E-state index is -4.40. The van der Waals surface area contributed by atoms with E-state index in [1.165, 1.54) is 32.1 Å². The zero-order chi connectivity index (χ0) is 10.3. The fourth-order valence-electron chi connectivity index (χ4n) is 1.13. The number of nitrogens with two attached hydrogens (primary N) is 1. The lowest BCUT2D eigenvalue weighted by Crippen LogP contribution is -2.22. The Bertz CT molecular complexity index is 121. The normalized spacial score (nSPS) is 19.2. The standard InChI is InChI=1S/C6H13N.C2H3F3O/c7-6-4-2-1-3-5-6;3-2(4,5)1-6/h6H,1-5,7H2;6H,1H2. The van der Waals surface area contributed by atoms with E-state index in [1.54, 1.807) is 0 Å². The van der Waals surface area contributed by atoms with Crippen LogP contribution in [0.4, 0.5) is 13.2 Å². The smallest absolute Gasteiger partial charge is 0.387 e. The fraction of sp³-hybridized carbons (Fsp3) is 1.00. The summed E-state index contributed by atoms with van der Waals surface area (Å²) in [5.74, 6) is 0. The second-order valence-corrected chi connectivity index (χ2v) is 3.17. The van der Waals surface area contributed by atoms with Gasteiger partial charge in [0.05, 0.1) is 0 Å². The van der Waals surface area contributed by atoms with Crippen LogP contribution in [0.1, 0.15) is 32.1 Å². The molecule has 0 saturated heterocycles. The molecule has 1 fully saturated rings. The van der Waals surface area contributed by atoms with Crippen LogP contribution in [0, 0.1) is 0 Å². The molecule has 2 nitrogen and oxygen atoms in total. The number of alkyl halides is 3. The van der Waals surface area contributed by atoms with Crippen LogP contribution in [0.5, 0.6) is 0 Å². The molecule has 0 atom stereocenters. The van der Waals surface area contributed by atoms with Crippen LogP contribution in [0.3, 0.4) is 0 Å². The first-order chi connectivity index (χ1) is 5.95. The van der Waals surface area contributed by atoms with Gasteiger partial charge in [-0.2, -0.15) is 13.2 Å². The molecule has 1 rings (SSSR count). The van der Waals surface area contributed by atoms with Crippen molar-refractivity contribution >= 4 is 0 Å². The lowest BCUT2D eigenvalue weighted by molar-refractivity contribution is -0.159. The Kier molecular flexibility index (Phi) is 6.07. The average molecular weight is 199 g/mol. The third-order valence-electron chi connectivity index (χ3n) is 1.83. The largest absolute Gasteiger partial charge is 0.411 e. The number of rotatable bonds is 0. The van der Waals surface area contributed by atoms with Crippen LogP contribution in [0.15, 0.2) is 0 Å². The molecule has 0 aliphatic heterocycles. The van der Waals surface area contributed by atoms with Crippen LogP contribution in [0.25, 0.3) is 0 Å². The molecule has 1 aliphatic rings. The molecule has 0 aromatic heterocycles. The molecule has 80 valence electrons. The molecule has 0 radical (unpaired) electrons. The highest BCUT2D eigenvalue weighted by Gasteiger charge is 2.24. The lowest BCUT2D eigenvalue weighted by atomic mass is 9.97. The summed E-state index contributed by atoms with van der Waals surface area (Å²) < 4.78 is 31.6. The number of hydrogen-bond acceptors (Lipinski definition) is 2. The second kappa shape index (κ2) is 6.21. The van der Waals surface area contributed by atoms with Crippen LogP contribution >= 0.6 is 0 Å². The maximum atomic E-state index is 10.5. The number of halogens is 3. The van der Waals surface area contributed by atoms with Gasteiger partial charge in [0.15, 0.2) is 0 Å². The minimum absolute atomic E-state index is 0.536. The molecule has 0 amide bonds. The van der Waals surface area contributed by atoms with Gasteiger partial charge in [-0.25, -0.2) is 0 Å². The van der Waals surface area contributed by atoms with E-state index in [2.05, 4.69) is 0 Å². The molecule has 0 spiro atoms. The molecule has 0 aromatic rings. The number of aliphatic hydroxyl groups excluding tert-OH is 1. The molecule has 1 saturated carbocycles. The Hall–Kier alpha value is -0.290. The van der Waals surface area contributed by atoms with Crippen molar-refractivity contribution < 1.29 is 18.3 Å². The SMILES string of the molecule is NC1CCCCC1.OCC(F)(F)F. The molecule has 0 heterocycles. The lowest BCUT2D eigenvalue weighted by Gasteiger charge is -2.15. The molecular weight excluding hydrogens is 183 g/mol. The number of hydrogen-bond donors (Lipinski definition) is 2. The van der Waals surface area contributed by atoms with E-state index in [0.717, 1.165) is 0 Å². The van der Waals surface area contributed by atoms with Gasteiger partial charge in [0, 0.05) is 6.04 Å².